The van der Waals surface area contributed by atoms with E-state index in [4.69, 9.17) is 19.9 Å². The van der Waals surface area contributed by atoms with Gasteiger partial charge in [0.25, 0.3) is 0 Å². The molecule has 2 heterocycles. The number of methoxy groups -OCH3 is 1. The maximum absolute atomic E-state index is 12.2. The van der Waals surface area contributed by atoms with Crippen molar-refractivity contribution in [2.45, 2.75) is 19.8 Å². The van der Waals surface area contributed by atoms with Crippen LogP contribution in [0.5, 0.6) is 11.5 Å². The highest BCUT2D eigenvalue weighted by Gasteiger charge is 2.38. The number of benzene rings is 1. The number of rotatable bonds is 4. The molecule has 0 fully saturated rings. The molecule has 2 N–H and O–H groups in total. The molecular weight excluding hydrogens is 352 g/mol. The first-order chi connectivity index (χ1) is 12.5. The lowest BCUT2D eigenvalue weighted by Crippen LogP contribution is -2.21. The molecule has 0 amide bonds. The van der Waals surface area contributed by atoms with E-state index in [2.05, 4.69) is 6.07 Å². The average Bonchev–Trinajstić information content (AvgIpc) is 2.96. The third kappa shape index (κ3) is 2.78. The van der Waals surface area contributed by atoms with E-state index >= 15 is 0 Å². The number of carbonyl (C=O) groups excluding carboxylic acids is 1. The number of allylic oxidation sites excluding steroid dienone is 1. The second kappa shape index (κ2) is 7.10. The van der Waals surface area contributed by atoms with Gasteiger partial charge >= 0.3 is 5.97 Å². The number of aryl methyl sites for hydroxylation is 1. The van der Waals surface area contributed by atoms with E-state index in [1.165, 1.54) is 18.4 Å². The molecule has 0 saturated carbocycles. The van der Waals surface area contributed by atoms with E-state index in [9.17, 15) is 10.1 Å². The molecule has 1 aromatic carbocycles. The molecule has 3 rings (SSSR count). The van der Waals surface area contributed by atoms with Gasteiger partial charge in [-0.25, -0.2) is 4.79 Å². The van der Waals surface area contributed by atoms with Crippen molar-refractivity contribution in [1.29, 1.82) is 5.26 Å². The van der Waals surface area contributed by atoms with E-state index in [1.54, 1.807) is 0 Å². The SMILES string of the molecule is CCOc1ccccc1C1C(C#N)=C(N)Oc2c1sc(C)c2C(=O)OC. The maximum atomic E-state index is 12.2. The van der Waals surface area contributed by atoms with E-state index in [1.807, 2.05) is 38.1 Å². The second-order valence-electron chi connectivity index (χ2n) is 5.61. The summed E-state index contributed by atoms with van der Waals surface area (Å²) < 4.78 is 16.3. The summed E-state index contributed by atoms with van der Waals surface area (Å²) >= 11 is 1.39. The van der Waals surface area contributed by atoms with Gasteiger partial charge in [-0.3, -0.25) is 0 Å². The summed E-state index contributed by atoms with van der Waals surface area (Å²) in [7, 11) is 1.32. The topological polar surface area (TPSA) is 94.6 Å². The molecule has 0 saturated heterocycles. The van der Waals surface area contributed by atoms with Gasteiger partial charge in [-0.15, -0.1) is 11.3 Å². The van der Waals surface area contributed by atoms with Crippen LogP contribution in [0.3, 0.4) is 0 Å². The zero-order valence-corrected chi connectivity index (χ0v) is 15.5. The zero-order valence-electron chi connectivity index (χ0n) is 14.7. The normalized spacial score (nSPS) is 15.7. The van der Waals surface area contributed by atoms with Gasteiger partial charge in [-0.1, -0.05) is 18.2 Å². The fourth-order valence-corrected chi connectivity index (χ4v) is 4.24. The van der Waals surface area contributed by atoms with Crippen molar-refractivity contribution >= 4 is 17.3 Å². The molecular formula is C19H18N2O4S. The molecule has 6 nitrogen and oxygen atoms in total. The molecule has 7 heteroatoms. The van der Waals surface area contributed by atoms with E-state index in [-0.39, 0.29) is 5.88 Å². The van der Waals surface area contributed by atoms with Crippen LogP contribution in [-0.4, -0.2) is 19.7 Å². The van der Waals surface area contributed by atoms with Crippen LogP contribution in [0.25, 0.3) is 0 Å². The monoisotopic (exact) mass is 370 g/mol. The number of carbonyl (C=O) groups is 1. The van der Waals surface area contributed by atoms with Crippen molar-refractivity contribution in [2.75, 3.05) is 13.7 Å². The van der Waals surface area contributed by atoms with Crippen LogP contribution in [0, 0.1) is 18.3 Å². The number of esters is 1. The van der Waals surface area contributed by atoms with Gasteiger partial charge in [0, 0.05) is 10.4 Å². The van der Waals surface area contributed by atoms with Gasteiger partial charge in [-0.2, -0.15) is 5.26 Å². The van der Waals surface area contributed by atoms with Crippen LogP contribution in [0.1, 0.15) is 38.5 Å². The quantitative estimate of drug-likeness (QED) is 0.828. The van der Waals surface area contributed by atoms with Crippen LogP contribution in [0.4, 0.5) is 0 Å². The minimum atomic E-state index is -0.495. The number of thiophene rings is 1. The van der Waals surface area contributed by atoms with Crippen LogP contribution in [0.2, 0.25) is 0 Å². The second-order valence-corrected chi connectivity index (χ2v) is 6.87. The summed E-state index contributed by atoms with van der Waals surface area (Å²) in [5.74, 6) is 0.0455. The molecule has 134 valence electrons. The Morgan fingerprint density at radius 3 is 2.81 bits per heavy atom. The number of ether oxygens (including phenoxy) is 3. The summed E-state index contributed by atoms with van der Waals surface area (Å²) in [5.41, 5.74) is 7.46. The van der Waals surface area contributed by atoms with E-state index in [0.717, 1.165) is 15.3 Å². The van der Waals surface area contributed by atoms with Crippen molar-refractivity contribution in [3.05, 3.63) is 56.6 Å². The van der Waals surface area contributed by atoms with Crippen molar-refractivity contribution in [3.8, 4) is 17.6 Å². The number of nitriles is 1. The summed E-state index contributed by atoms with van der Waals surface area (Å²) in [5, 5.41) is 9.68. The number of fused-ring (bicyclic) bond motifs is 1. The Bertz CT molecular complexity index is 940. The van der Waals surface area contributed by atoms with Gasteiger partial charge < -0.3 is 19.9 Å². The third-order valence-corrected chi connectivity index (χ3v) is 5.29. The average molecular weight is 370 g/mol. The van der Waals surface area contributed by atoms with E-state index < -0.39 is 11.9 Å². The number of hydrogen-bond donors (Lipinski definition) is 1. The van der Waals surface area contributed by atoms with Crippen molar-refractivity contribution in [1.82, 2.24) is 0 Å². The van der Waals surface area contributed by atoms with Crippen molar-refractivity contribution in [3.63, 3.8) is 0 Å². The molecule has 0 bridgehead atoms. The van der Waals surface area contributed by atoms with Gasteiger partial charge in [0.15, 0.2) is 5.75 Å². The first-order valence-corrected chi connectivity index (χ1v) is 8.86. The van der Waals surface area contributed by atoms with Crippen molar-refractivity contribution < 1.29 is 19.0 Å². The van der Waals surface area contributed by atoms with Crippen LogP contribution in [-0.2, 0) is 4.74 Å². The smallest absolute Gasteiger partial charge is 0.342 e. The third-order valence-electron chi connectivity index (χ3n) is 4.13. The first kappa shape index (κ1) is 17.8. The Morgan fingerprint density at radius 2 is 2.15 bits per heavy atom. The Hall–Kier alpha value is -2.98. The number of para-hydroxylation sites is 1. The molecule has 0 spiro atoms. The highest BCUT2D eigenvalue weighted by atomic mass is 32.1. The number of nitrogens with two attached hydrogens (primary N) is 1. The van der Waals surface area contributed by atoms with Crippen molar-refractivity contribution in [2.24, 2.45) is 5.73 Å². The molecule has 0 radical (unpaired) electrons. The predicted octanol–water partition coefficient (Wildman–Crippen LogP) is 3.46. The lowest BCUT2D eigenvalue weighted by Gasteiger charge is -2.25. The maximum Gasteiger partial charge on any atom is 0.342 e. The van der Waals surface area contributed by atoms with Gasteiger partial charge in [-0.05, 0) is 19.9 Å². The van der Waals surface area contributed by atoms with E-state index in [0.29, 0.717) is 29.2 Å². The summed E-state index contributed by atoms with van der Waals surface area (Å²) in [6, 6.07) is 9.63. The van der Waals surface area contributed by atoms with Crippen LogP contribution < -0.4 is 15.2 Å². The Kier molecular flexibility index (Phi) is 4.87. The van der Waals surface area contributed by atoms with Crippen LogP contribution in [0.15, 0.2) is 35.7 Å². The fraction of sp³-hybridized carbons (Fsp3) is 0.263. The van der Waals surface area contributed by atoms with Gasteiger partial charge in [0.2, 0.25) is 5.88 Å². The Morgan fingerprint density at radius 1 is 1.42 bits per heavy atom. The molecule has 26 heavy (non-hydrogen) atoms. The highest BCUT2D eigenvalue weighted by molar-refractivity contribution is 7.12. The molecule has 1 aliphatic heterocycles. The first-order valence-electron chi connectivity index (χ1n) is 8.04. The standard InChI is InChI=1S/C19H18N2O4S/c1-4-24-13-8-6-5-7-11(13)15-12(9-20)18(21)25-16-14(19(22)23-3)10(2)26-17(15)16/h5-8,15H,4,21H2,1-3H3. The molecule has 1 aromatic heterocycles. The number of nitrogens with zero attached hydrogens (tertiary/aromatic N) is 1. The minimum absolute atomic E-state index is 0.0146. The van der Waals surface area contributed by atoms with Crippen LogP contribution >= 0.6 is 11.3 Å². The van der Waals surface area contributed by atoms with Gasteiger partial charge in [0.05, 0.1) is 24.5 Å². The molecule has 1 unspecified atom stereocenters. The molecule has 0 aliphatic carbocycles. The molecule has 1 aliphatic rings. The largest absolute Gasteiger partial charge is 0.494 e. The summed E-state index contributed by atoms with van der Waals surface area (Å²) in [4.78, 5) is 13.7. The Labute approximate surface area is 155 Å². The predicted molar refractivity (Wildman–Crippen MR) is 97.3 cm³/mol. The summed E-state index contributed by atoms with van der Waals surface area (Å²) in [6.07, 6.45) is 0. The zero-order chi connectivity index (χ0) is 18.8. The molecule has 2 aromatic rings. The lowest BCUT2D eigenvalue weighted by molar-refractivity contribution is 0.0597. The molecule has 1 atom stereocenters. The lowest BCUT2D eigenvalue weighted by atomic mass is 9.87. The fourth-order valence-electron chi connectivity index (χ4n) is 3.04. The number of hydrogen-bond acceptors (Lipinski definition) is 7. The van der Waals surface area contributed by atoms with Gasteiger partial charge in [0.1, 0.15) is 23.0 Å². The highest BCUT2D eigenvalue weighted by Crippen LogP contribution is 2.50. The summed E-state index contributed by atoms with van der Waals surface area (Å²) in [6.45, 7) is 4.20. The Balaban J connectivity index is 2.26. The minimum Gasteiger partial charge on any atom is -0.494 e.